The van der Waals surface area contributed by atoms with Crippen molar-refractivity contribution in [3.63, 3.8) is 0 Å². The van der Waals surface area contributed by atoms with Gasteiger partial charge < -0.3 is 10.1 Å². The van der Waals surface area contributed by atoms with E-state index in [4.69, 9.17) is 4.74 Å². The largest absolute Gasteiger partial charge is 0.380 e. The second-order valence-corrected chi connectivity index (χ2v) is 6.17. The van der Waals surface area contributed by atoms with Gasteiger partial charge in [0.1, 0.15) is 0 Å². The van der Waals surface area contributed by atoms with Crippen LogP contribution in [0.15, 0.2) is 0 Å². The summed E-state index contributed by atoms with van der Waals surface area (Å²) < 4.78 is 28.0. The molecule has 16 heavy (non-hydrogen) atoms. The summed E-state index contributed by atoms with van der Waals surface area (Å²) >= 11 is 0. The molecule has 0 aliphatic rings. The van der Waals surface area contributed by atoms with Crippen molar-refractivity contribution in [2.75, 3.05) is 37.8 Å². The van der Waals surface area contributed by atoms with Crippen molar-refractivity contribution < 1.29 is 13.2 Å². The fraction of sp³-hybridized carbons (Fsp3) is 1.00. The molecular formula is C11H25NO3S. The lowest BCUT2D eigenvalue weighted by Crippen LogP contribution is -2.27. The van der Waals surface area contributed by atoms with Gasteiger partial charge in [-0.2, -0.15) is 0 Å². The van der Waals surface area contributed by atoms with Gasteiger partial charge in [0, 0.05) is 25.4 Å². The maximum absolute atomic E-state index is 11.3. The summed E-state index contributed by atoms with van der Waals surface area (Å²) in [5, 5.41) is 3.07. The number of ether oxygens (including phenoxy) is 1. The van der Waals surface area contributed by atoms with E-state index in [1.54, 1.807) is 0 Å². The molecule has 0 unspecified atom stereocenters. The topological polar surface area (TPSA) is 55.4 Å². The van der Waals surface area contributed by atoms with Crippen LogP contribution in [0.1, 0.15) is 33.1 Å². The van der Waals surface area contributed by atoms with Crippen LogP contribution in [0.3, 0.4) is 0 Å². The third-order valence-electron chi connectivity index (χ3n) is 2.17. The molecule has 0 aromatic carbocycles. The van der Waals surface area contributed by atoms with Crippen molar-refractivity contribution in [2.24, 2.45) is 0 Å². The number of unbranched alkanes of at least 4 members (excludes halogenated alkanes) is 1. The van der Waals surface area contributed by atoms with Crippen molar-refractivity contribution in [3.05, 3.63) is 0 Å². The van der Waals surface area contributed by atoms with Gasteiger partial charge in [-0.3, -0.25) is 0 Å². The van der Waals surface area contributed by atoms with Gasteiger partial charge in [-0.25, -0.2) is 8.42 Å². The fourth-order valence-corrected chi connectivity index (χ4v) is 2.54. The maximum Gasteiger partial charge on any atom is 0.151 e. The van der Waals surface area contributed by atoms with E-state index in [1.807, 2.05) is 6.92 Å². The second-order valence-electron chi connectivity index (χ2n) is 3.87. The van der Waals surface area contributed by atoms with Crippen LogP contribution in [0.2, 0.25) is 0 Å². The molecule has 0 aromatic rings. The summed E-state index contributed by atoms with van der Waals surface area (Å²) in [4.78, 5) is 0. The van der Waals surface area contributed by atoms with Gasteiger partial charge in [0.2, 0.25) is 0 Å². The molecule has 0 aliphatic heterocycles. The first kappa shape index (κ1) is 15.9. The van der Waals surface area contributed by atoms with E-state index < -0.39 is 9.84 Å². The zero-order valence-corrected chi connectivity index (χ0v) is 11.3. The van der Waals surface area contributed by atoms with Crippen LogP contribution in [-0.2, 0) is 14.6 Å². The van der Waals surface area contributed by atoms with Gasteiger partial charge in [0.05, 0.1) is 12.4 Å². The predicted molar refractivity (Wildman–Crippen MR) is 67.5 cm³/mol. The van der Waals surface area contributed by atoms with Gasteiger partial charge >= 0.3 is 0 Å². The van der Waals surface area contributed by atoms with E-state index in [9.17, 15) is 8.42 Å². The molecule has 0 radical (unpaired) electrons. The summed E-state index contributed by atoms with van der Waals surface area (Å²) in [6.45, 7) is 6.72. The minimum absolute atomic E-state index is 0.232. The highest BCUT2D eigenvalue weighted by Crippen LogP contribution is 1.92. The molecule has 0 atom stereocenters. The maximum atomic E-state index is 11.3. The van der Waals surface area contributed by atoms with Crippen LogP contribution in [-0.4, -0.2) is 46.2 Å². The Hall–Kier alpha value is -0.130. The highest BCUT2D eigenvalue weighted by Gasteiger charge is 2.07. The van der Waals surface area contributed by atoms with E-state index >= 15 is 0 Å². The van der Waals surface area contributed by atoms with Crippen molar-refractivity contribution in [1.29, 1.82) is 0 Å². The average molecular weight is 251 g/mol. The Morgan fingerprint density at radius 1 is 1.00 bits per heavy atom. The van der Waals surface area contributed by atoms with Crippen LogP contribution >= 0.6 is 0 Å². The van der Waals surface area contributed by atoms with Gasteiger partial charge in [-0.1, -0.05) is 20.3 Å². The second kappa shape index (κ2) is 10.1. The normalized spacial score (nSPS) is 11.9. The van der Waals surface area contributed by atoms with Gasteiger partial charge in [-0.05, 0) is 12.8 Å². The number of sulfone groups is 1. The summed E-state index contributed by atoms with van der Waals surface area (Å²) in [5.74, 6) is 0.525. The van der Waals surface area contributed by atoms with Crippen molar-refractivity contribution in [1.82, 2.24) is 5.32 Å². The van der Waals surface area contributed by atoms with E-state index in [0.717, 1.165) is 26.0 Å². The summed E-state index contributed by atoms with van der Waals surface area (Å²) in [6.07, 6.45) is 2.93. The summed E-state index contributed by atoms with van der Waals surface area (Å²) in [7, 11) is -2.84. The molecule has 0 aromatic heterocycles. The molecule has 0 saturated heterocycles. The molecule has 0 heterocycles. The third-order valence-corrected chi connectivity index (χ3v) is 4.03. The molecule has 0 fully saturated rings. The highest BCUT2D eigenvalue weighted by atomic mass is 32.2. The Balaban J connectivity index is 3.27. The summed E-state index contributed by atoms with van der Waals surface area (Å²) in [5.41, 5.74) is 0. The van der Waals surface area contributed by atoms with Crippen molar-refractivity contribution in [2.45, 2.75) is 33.1 Å². The quantitative estimate of drug-likeness (QED) is 0.561. The smallest absolute Gasteiger partial charge is 0.151 e. The predicted octanol–water partition coefficient (Wildman–Crippen LogP) is 1.22. The molecule has 1 N–H and O–H groups in total. The first-order chi connectivity index (χ1) is 7.62. The Kier molecular flexibility index (Phi) is 9.97. The van der Waals surface area contributed by atoms with E-state index in [-0.39, 0.29) is 5.75 Å². The van der Waals surface area contributed by atoms with E-state index in [2.05, 4.69) is 12.2 Å². The lowest BCUT2D eigenvalue weighted by molar-refractivity contribution is 0.133. The molecule has 0 spiro atoms. The zero-order chi connectivity index (χ0) is 12.3. The monoisotopic (exact) mass is 251 g/mol. The van der Waals surface area contributed by atoms with Crippen molar-refractivity contribution >= 4 is 9.84 Å². The number of rotatable bonds is 11. The molecule has 0 aliphatic carbocycles. The van der Waals surface area contributed by atoms with Crippen LogP contribution in [0, 0.1) is 0 Å². The Bertz CT molecular complexity index is 240. The van der Waals surface area contributed by atoms with Gasteiger partial charge in [0.15, 0.2) is 9.84 Å². The lowest BCUT2D eigenvalue weighted by atomic mass is 10.4. The average Bonchev–Trinajstić information content (AvgIpc) is 2.22. The minimum atomic E-state index is -2.84. The Morgan fingerprint density at radius 3 is 2.38 bits per heavy atom. The van der Waals surface area contributed by atoms with E-state index in [1.165, 1.54) is 0 Å². The van der Waals surface area contributed by atoms with Crippen LogP contribution in [0.25, 0.3) is 0 Å². The molecule has 0 rings (SSSR count). The lowest BCUT2D eigenvalue weighted by Gasteiger charge is -2.06. The molecular weight excluding hydrogens is 226 g/mol. The standard InChI is InChI=1S/C11H25NO3S/c1-3-5-8-15-9-6-12-7-11-16(13,14)10-4-2/h12H,3-11H2,1-2H3. The minimum Gasteiger partial charge on any atom is -0.380 e. The zero-order valence-electron chi connectivity index (χ0n) is 10.5. The molecule has 4 nitrogen and oxygen atoms in total. The van der Waals surface area contributed by atoms with Gasteiger partial charge in [-0.15, -0.1) is 0 Å². The molecule has 5 heteroatoms. The number of hydrogen-bond acceptors (Lipinski definition) is 4. The third kappa shape index (κ3) is 10.4. The first-order valence-electron chi connectivity index (χ1n) is 6.11. The molecule has 98 valence electrons. The number of hydrogen-bond donors (Lipinski definition) is 1. The van der Waals surface area contributed by atoms with Gasteiger partial charge in [0.25, 0.3) is 0 Å². The van der Waals surface area contributed by atoms with Crippen LogP contribution < -0.4 is 5.32 Å². The first-order valence-corrected chi connectivity index (χ1v) is 7.93. The molecule has 0 saturated carbocycles. The SMILES string of the molecule is CCCCOCCNCCS(=O)(=O)CCC. The fourth-order valence-electron chi connectivity index (χ4n) is 1.26. The van der Waals surface area contributed by atoms with Crippen molar-refractivity contribution in [3.8, 4) is 0 Å². The van der Waals surface area contributed by atoms with Crippen LogP contribution in [0.5, 0.6) is 0 Å². The highest BCUT2D eigenvalue weighted by molar-refractivity contribution is 7.91. The molecule has 0 bridgehead atoms. The Morgan fingerprint density at radius 2 is 1.75 bits per heavy atom. The number of nitrogens with one attached hydrogen (secondary N) is 1. The Labute approximate surface area is 99.7 Å². The summed E-state index contributed by atoms with van der Waals surface area (Å²) in [6, 6.07) is 0. The molecule has 0 amide bonds. The van der Waals surface area contributed by atoms with Crippen LogP contribution in [0.4, 0.5) is 0 Å². The van der Waals surface area contributed by atoms with E-state index in [0.29, 0.717) is 25.3 Å².